The molecule has 1 aromatic carbocycles. The van der Waals surface area contributed by atoms with Gasteiger partial charge in [-0.15, -0.1) is 0 Å². The molecule has 44 heavy (non-hydrogen) atoms. The molecular weight excluding hydrogens is 558 g/mol. The summed E-state index contributed by atoms with van der Waals surface area (Å²) in [6, 6.07) is 7.41. The number of hydrogen-bond acceptors (Lipinski definition) is 8. The van der Waals surface area contributed by atoms with Crippen molar-refractivity contribution in [3.8, 4) is 11.5 Å². The summed E-state index contributed by atoms with van der Waals surface area (Å²) >= 11 is 0. The van der Waals surface area contributed by atoms with E-state index < -0.39 is 0 Å². The number of pyridine rings is 1. The molecule has 3 aromatic heterocycles. The zero-order chi connectivity index (χ0) is 30.6. The summed E-state index contributed by atoms with van der Waals surface area (Å²) in [4.78, 5) is 42.9. The molecule has 4 aromatic rings. The van der Waals surface area contributed by atoms with E-state index in [1.165, 1.54) is 6.20 Å². The number of anilines is 1. The molecule has 0 radical (unpaired) electrons. The maximum absolute atomic E-state index is 13.3. The first kappa shape index (κ1) is 29.3. The van der Waals surface area contributed by atoms with E-state index >= 15 is 0 Å². The lowest BCUT2D eigenvalue weighted by atomic mass is 9.96. The van der Waals surface area contributed by atoms with E-state index in [1.54, 1.807) is 23.4 Å². The van der Waals surface area contributed by atoms with Crippen molar-refractivity contribution in [3.63, 3.8) is 0 Å². The van der Waals surface area contributed by atoms with Crippen LogP contribution in [0.25, 0.3) is 40.3 Å². The van der Waals surface area contributed by atoms with Gasteiger partial charge in [-0.25, -0.2) is 4.98 Å². The van der Waals surface area contributed by atoms with E-state index in [0.29, 0.717) is 60.2 Å². The third-order valence-corrected chi connectivity index (χ3v) is 8.30. The summed E-state index contributed by atoms with van der Waals surface area (Å²) in [6.07, 6.45) is 10.4. The number of amides is 2. The Hall–Kier alpha value is -4.81. The number of ether oxygens (including phenoxy) is 1. The molecular formula is C32H37N9O3. The number of carbonyl (C=O) groups excluding carboxylic acids is 2. The average molecular weight is 596 g/mol. The maximum Gasteiger partial charge on any atom is 0.256 e. The van der Waals surface area contributed by atoms with Gasteiger partial charge in [0.1, 0.15) is 11.2 Å². The third kappa shape index (κ3) is 5.99. The number of H-pyrrole nitrogens is 2. The number of rotatable bonds is 6. The zero-order valence-corrected chi connectivity index (χ0v) is 25.0. The first-order chi connectivity index (χ1) is 21.4. The fourth-order valence-electron chi connectivity index (χ4n) is 5.73. The number of para-hydroxylation sites is 1. The second-order valence-corrected chi connectivity index (χ2v) is 11.2. The Labute approximate surface area is 254 Å². The van der Waals surface area contributed by atoms with E-state index in [2.05, 4.69) is 37.4 Å². The lowest BCUT2D eigenvalue weighted by Crippen LogP contribution is -2.40. The van der Waals surface area contributed by atoms with Crippen LogP contribution in [0.1, 0.15) is 35.7 Å². The minimum Gasteiger partial charge on any atom is -0.404 e. The molecule has 6 rings (SSSR count). The molecule has 12 heteroatoms. The molecule has 0 saturated carbocycles. The topological polar surface area (TPSA) is 158 Å². The molecule has 5 heterocycles. The van der Waals surface area contributed by atoms with Gasteiger partial charge in [0.25, 0.3) is 5.91 Å². The van der Waals surface area contributed by atoms with E-state index in [9.17, 15) is 9.59 Å². The molecule has 0 unspecified atom stereocenters. The Kier molecular flexibility index (Phi) is 8.53. The predicted octanol–water partition coefficient (Wildman–Crippen LogP) is 1.68. The lowest BCUT2D eigenvalue weighted by Gasteiger charge is -2.28. The van der Waals surface area contributed by atoms with Crippen LogP contribution in [0.2, 0.25) is 0 Å². The summed E-state index contributed by atoms with van der Waals surface area (Å²) < 4.78 is 5.41. The SMILES string of the molecule is C/C=c1/[nH]nc(-c2nc3c(C(=O)N4CCOCC4)cccc3[nH]2)/c1=C/C(=C\N)c1cncc(NC(=O)C2CCN(C)CC2)c1. The Morgan fingerprint density at radius 3 is 2.68 bits per heavy atom. The summed E-state index contributed by atoms with van der Waals surface area (Å²) in [5.74, 6) is 0.440. The molecule has 12 nitrogen and oxygen atoms in total. The summed E-state index contributed by atoms with van der Waals surface area (Å²) in [5, 5.41) is 12.2. The van der Waals surface area contributed by atoms with Crippen LogP contribution < -0.4 is 21.6 Å². The van der Waals surface area contributed by atoms with Crippen molar-refractivity contribution in [2.45, 2.75) is 19.8 Å². The van der Waals surface area contributed by atoms with E-state index in [0.717, 1.165) is 47.6 Å². The van der Waals surface area contributed by atoms with Crippen molar-refractivity contribution >= 4 is 46.3 Å². The Balaban J connectivity index is 1.32. The number of aromatic nitrogens is 5. The van der Waals surface area contributed by atoms with Crippen LogP contribution in [0, 0.1) is 5.92 Å². The summed E-state index contributed by atoms with van der Waals surface area (Å²) in [7, 11) is 2.07. The van der Waals surface area contributed by atoms with E-state index in [-0.39, 0.29) is 17.7 Å². The lowest BCUT2D eigenvalue weighted by molar-refractivity contribution is -0.121. The van der Waals surface area contributed by atoms with Gasteiger partial charge in [0.05, 0.1) is 41.5 Å². The molecule has 0 spiro atoms. The molecule has 2 saturated heterocycles. The van der Waals surface area contributed by atoms with Crippen molar-refractivity contribution in [3.05, 3.63) is 64.6 Å². The van der Waals surface area contributed by atoms with Crippen molar-refractivity contribution in [1.82, 2.24) is 34.9 Å². The number of nitrogens with two attached hydrogens (primary N) is 1. The maximum atomic E-state index is 13.3. The first-order valence-corrected chi connectivity index (χ1v) is 14.9. The summed E-state index contributed by atoms with van der Waals surface area (Å²) in [6.45, 7) is 5.88. The number of likely N-dealkylation sites (tertiary alicyclic amines) is 1. The number of piperidine rings is 1. The third-order valence-electron chi connectivity index (χ3n) is 8.30. The number of fused-ring (bicyclic) bond motifs is 1. The molecule has 0 bridgehead atoms. The molecule has 2 aliphatic heterocycles. The second-order valence-electron chi connectivity index (χ2n) is 11.2. The molecule has 2 amide bonds. The fourth-order valence-corrected chi connectivity index (χ4v) is 5.73. The van der Waals surface area contributed by atoms with Crippen LogP contribution >= 0.6 is 0 Å². The number of morpholine rings is 1. The van der Waals surface area contributed by atoms with Crippen molar-refractivity contribution < 1.29 is 14.3 Å². The normalized spacial score (nSPS) is 17.9. The number of nitrogens with one attached hydrogen (secondary N) is 3. The van der Waals surface area contributed by atoms with Crippen LogP contribution in [-0.4, -0.2) is 93.2 Å². The Morgan fingerprint density at radius 2 is 1.93 bits per heavy atom. The van der Waals surface area contributed by atoms with Crippen LogP contribution in [-0.2, 0) is 9.53 Å². The van der Waals surface area contributed by atoms with Gasteiger partial charge in [0.2, 0.25) is 5.91 Å². The standard InChI is InChI=1S/C32H37N9O3/c1-3-26-25(16-21(17-33)22-15-23(19-34-18-22)35-31(42)20-7-9-40(2)10-8-20)29(39-38-26)30-36-27-6-4-5-24(28(27)37-30)32(43)41-11-13-44-14-12-41/h3-6,15-20,38H,7-14,33H2,1-2H3,(H,35,42)(H,36,37)/b21-17+,25-16+,26-3+. The molecule has 0 aliphatic carbocycles. The minimum atomic E-state index is -0.0722. The summed E-state index contributed by atoms with van der Waals surface area (Å²) in [5.41, 5.74) is 10.6. The average Bonchev–Trinajstić information content (AvgIpc) is 3.67. The van der Waals surface area contributed by atoms with Gasteiger partial charge in [-0.05, 0) is 69.8 Å². The van der Waals surface area contributed by atoms with Crippen molar-refractivity contribution in [2.24, 2.45) is 11.7 Å². The van der Waals surface area contributed by atoms with E-state index in [1.807, 2.05) is 37.3 Å². The minimum absolute atomic E-state index is 0.00987. The Bertz CT molecular complexity index is 1830. The molecule has 5 N–H and O–H groups in total. The highest BCUT2D eigenvalue weighted by molar-refractivity contribution is 6.05. The number of benzene rings is 1. The van der Waals surface area contributed by atoms with Gasteiger partial charge in [-0.2, -0.15) is 5.10 Å². The van der Waals surface area contributed by atoms with Gasteiger partial charge < -0.3 is 30.6 Å². The van der Waals surface area contributed by atoms with Crippen molar-refractivity contribution in [2.75, 3.05) is 51.8 Å². The van der Waals surface area contributed by atoms with Crippen LogP contribution in [0.4, 0.5) is 5.69 Å². The number of nitrogens with zero attached hydrogens (tertiary/aromatic N) is 5. The van der Waals surface area contributed by atoms with Gasteiger partial charge in [-0.1, -0.05) is 12.1 Å². The quantitative estimate of drug-likeness (QED) is 0.262. The monoisotopic (exact) mass is 595 g/mol. The number of carbonyl (C=O) groups is 2. The van der Waals surface area contributed by atoms with E-state index in [4.69, 9.17) is 15.5 Å². The highest BCUT2D eigenvalue weighted by Gasteiger charge is 2.24. The molecule has 228 valence electrons. The van der Waals surface area contributed by atoms with Crippen molar-refractivity contribution in [1.29, 1.82) is 0 Å². The van der Waals surface area contributed by atoms with Gasteiger partial charge >= 0.3 is 0 Å². The van der Waals surface area contributed by atoms with Crippen LogP contribution in [0.15, 0.2) is 42.9 Å². The fraction of sp³-hybridized carbons (Fsp3) is 0.344. The zero-order valence-electron chi connectivity index (χ0n) is 25.0. The Morgan fingerprint density at radius 1 is 1.14 bits per heavy atom. The van der Waals surface area contributed by atoms with Gasteiger partial charge in [0.15, 0.2) is 5.82 Å². The molecule has 2 aliphatic rings. The van der Waals surface area contributed by atoms with Gasteiger partial charge in [0, 0.05) is 42.2 Å². The van der Waals surface area contributed by atoms with Gasteiger partial charge in [-0.3, -0.25) is 19.7 Å². The smallest absolute Gasteiger partial charge is 0.256 e. The number of hydrogen-bond donors (Lipinski definition) is 4. The predicted molar refractivity (Wildman–Crippen MR) is 170 cm³/mol. The molecule has 0 atom stereocenters. The number of aromatic amines is 2. The van der Waals surface area contributed by atoms with Crippen LogP contribution in [0.5, 0.6) is 0 Å². The number of imidazole rings is 1. The molecule has 2 fully saturated rings. The largest absolute Gasteiger partial charge is 0.404 e. The highest BCUT2D eigenvalue weighted by atomic mass is 16.5. The van der Waals surface area contributed by atoms with Crippen LogP contribution in [0.3, 0.4) is 0 Å². The highest BCUT2D eigenvalue weighted by Crippen LogP contribution is 2.24. The number of allylic oxidation sites excluding steroid dienone is 1. The first-order valence-electron chi connectivity index (χ1n) is 14.9. The second kappa shape index (κ2) is 12.8.